The Bertz CT molecular complexity index is 1170. The largest absolute Gasteiger partial charge is 0.455 e. The number of carbonyl (C=O) groups is 2. The minimum absolute atomic E-state index is 0.0828. The van der Waals surface area contributed by atoms with Gasteiger partial charge in [-0.25, -0.2) is 8.42 Å². The molecule has 31 heavy (non-hydrogen) atoms. The number of hydrogen-bond donors (Lipinski definition) is 2. The monoisotopic (exact) mass is 458 g/mol. The van der Waals surface area contributed by atoms with Gasteiger partial charge in [0.05, 0.1) is 9.77 Å². The first kappa shape index (κ1) is 21.3. The highest BCUT2D eigenvalue weighted by atomic mass is 32.2. The van der Waals surface area contributed by atoms with Gasteiger partial charge in [0.2, 0.25) is 0 Å². The maximum absolute atomic E-state index is 12.4. The molecule has 2 heterocycles. The molecule has 1 aromatic carbocycles. The number of aryl methyl sites for hydroxylation is 2. The normalized spacial score (nSPS) is 13.8. The zero-order valence-corrected chi connectivity index (χ0v) is 18.4. The molecule has 7 nitrogen and oxygen atoms in total. The maximum Gasteiger partial charge on any atom is 0.305 e. The van der Waals surface area contributed by atoms with E-state index in [2.05, 4.69) is 10.9 Å². The van der Waals surface area contributed by atoms with Crippen molar-refractivity contribution in [3.8, 4) is 0 Å². The molecular weight excluding hydrogens is 436 g/mol. The second kappa shape index (κ2) is 9.07. The summed E-state index contributed by atoms with van der Waals surface area (Å²) in [4.78, 5) is 26.7. The second-order valence-electron chi connectivity index (χ2n) is 7.37. The Morgan fingerprint density at radius 1 is 0.935 bits per heavy atom. The van der Waals surface area contributed by atoms with Crippen LogP contribution in [0.1, 0.15) is 55.7 Å². The number of thiophene rings is 1. The number of sulfone groups is 1. The fourth-order valence-electron chi connectivity index (χ4n) is 3.49. The lowest BCUT2D eigenvalue weighted by Crippen LogP contribution is -2.41. The van der Waals surface area contributed by atoms with Gasteiger partial charge < -0.3 is 4.42 Å². The molecule has 0 aliphatic heterocycles. The number of fused-ring (bicyclic) bond motifs is 1. The van der Waals surface area contributed by atoms with E-state index in [4.69, 9.17) is 4.42 Å². The zero-order valence-electron chi connectivity index (χ0n) is 16.7. The summed E-state index contributed by atoms with van der Waals surface area (Å²) in [5.41, 5.74) is 5.94. The zero-order chi connectivity index (χ0) is 21.8. The Hall–Kier alpha value is -2.91. The van der Waals surface area contributed by atoms with Crippen molar-refractivity contribution in [2.24, 2.45) is 0 Å². The Morgan fingerprint density at radius 3 is 2.48 bits per heavy atom. The lowest BCUT2D eigenvalue weighted by atomic mass is 10.1. The summed E-state index contributed by atoms with van der Waals surface area (Å²) in [5.74, 6) is -1.35. The number of furan rings is 1. The molecule has 4 rings (SSSR count). The lowest BCUT2D eigenvalue weighted by molar-refractivity contribution is 0.0832. The number of hydrogen-bond acceptors (Lipinski definition) is 6. The highest BCUT2D eigenvalue weighted by molar-refractivity contribution is 7.90. The molecule has 2 N–H and O–H groups in total. The first-order valence-corrected chi connectivity index (χ1v) is 12.5. The predicted molar refractivity (Wildman–Crippen MR) is 117 cm³/mol. The van der Waals surface area contributed by atoms with Gasteiger partial charge in [0.25, 0.3) is 5.91 Å². The minimum atomic E-state index is -3.59. The van der Waals surface area contributed by atoms with E-state index < -0.39 is 15.7 Å². The highest BCUT2D eigenvalue weighted by Gasteiger charge is 2.20. The van der Waals surface area contributed by atoms with Gasteiger partial charge in [-0.1, -0.05) is 24.6 Å². The van der Waals surface area contributed by atoms with Gasteiger partial charge in [-0.3, -0.25) is 20.4 Å². The predicted octanol–water partition coefficient (Wildman–Crippen LogP) is 3.66. The van der Waals surface area contributed by atoms with Crippen LogP contribution in [0.2, 0.25) is 0 Å². The molecule has 2 amide bonds. The molecule has 0 unspecified atom stereocenters. The number of rotatable bonds is 5. The summed E-state index contributed by atoms with van der Waals surface area (Å²) in [6, 6.07) is 12.7. The van der Waals surface area contributed by atoms with Gasteiger partial charge in [-0.05, 0) is 61.6 Å². The number of amides is 2. The molecule has 1 aliphatic carbocycles. The molecule has 0 spiro atoms. The summed E-state index contributed by atoms with van der Waals surface area (Å²) in [6.45, 7) is 0. The van der Waals surface area contributed by atoms with E-state index in [1.807, 2.05) is 6.07 Å². The molecule has 162 valence electrons. The summed E-state index contributed by atoms with van der Waals surface area (Å²) in [6.07, 6.45) is 5.43. The van der Waals surface area contributed by atoms with Gasteiger partial charge in [0.1, 0.15) is 11.5 Å². The third kappa shape index (κ3) is 5.05. The van der Waals surface area contributed by atoms with Gasteiger partial charge >= 0.3 is 5.91 Å². The van der Waals surface area contributed by atoms with Crippen molar-refractivity contribution >= 4 is 33.0 Å². The third-order valence-electron chi connectivity index (χ3n) is 5.08. The van der Waals surface area contributed by atoms with E-state index in [-0.39, 0.29) is 28.1 Å². The topological polar surface area (TPSA) is 105 Å². The van der Waals surface area contributed by atoms with Crippen LogP contribution in [-0.2, 0) is 28.4 Å². The molecule has 2 aromatic heterocycles. The first-order valence-electron chi connectivity index (χ1n) is 10.0. The Kier molecular flexibility index (Phi) is 6.24. The van der Waals surface area contributed by atoms with E-state index >= 15 is 0 Å². The van der Waals surface area contributed by atoms with Gasteiger partial charge in [0.15, 0.2) is 15.6 Å². The molecule has 0 radical (unpaired) electrons. The summed E-state index contributed by atoms with van der Waals surface area (Å²) < 4.78 is 30.3. The van der Waals surface area contributed by atoms with E-state index in [1.165, 1.54) is 52.5 Å². The van der Waals surface area contributed by atoms with Crippen LogP contribution in [0.25, 0.3) is 0 Å². The van der Waals surface area contributed by atoms with E-state index in [1.54, 1.807) is 18.2 Å². The van der Waals surface area contributed by atoms with Gasteiger partial charge in [-0.15, -0.1) is 11.3 Å². The van der Waals surface area contributed by atoms with Crippen molar-refractivity contribution in [2.45, 2.75) is 42.8 Å². The van der Waals surface area contributed by atoms with Crippen molar-refractivity contribution in [1.82, 2.24) is 10.9 Å². The fourth-order valence-corrected chi connectivity index (χ4v) is 5.91. The van der Waals surface area contributed by atoms with Gasteiger partial charge in [0, 0.05) is 4.88 Å². The Morgan fingerprint density at radius 2 is 1.68 bits per heavy atom. The number of nitrogens with one attached hydrogen (secondary N) is 2. The summed E-state index contributed by atoms with van der Waals surface area (Å²) in [7, 11) is -3.59. The number of hydrazine groups is 1. The van der Waals surface area contributed by atoms with E-state index in [0.717, 1.165) is 25.7 Å². The second-order valence-corrected chi connectivity index (χ2v) is 10.5. The van der Waals surface area contributed by atoms with Gasteiger partial charge in [-0.2, -0.15) is 0 Å². The van der Waals surface area contributed by atoms with Crippen LogP contribution in [0.4, 0.5) is 0 Å². The van der Waals surface area contributed by atoms with Crippen molar-refractivity contribution in [2.75, 3.05) is 0 Å². The molecule has 9 heteroatoms. The quantitative estimate of drug-likeness (QED) is 0.448. The Labute approximate surface area is 184 Å². The molecule has 0 saturated heterocycles. The van der Waals surface area contributed by atoms with Crippen LogP contribution < -0.4 is 10.9 Å². The standard InChI is InChI=1S/C22H22N2O5S2/c25-21(23-24-22(26)20-13-15-7-3-1-6-10-19(15)30-20)18-12-11-16(29-18)14-31(27,28)17-8-4-2-5-9-17/h2,4-5,8-9,11-13H,1,3,6-7,10,14H2,(H,23,25)(H,24,26). The van der Waals surface area contributed by atoms with Crippen LogP contribution >= 0.6 is 11.3 Å². The van der Waals surface area contributed by atoms with Crippen LogP contribution in [0, 0.1) is 0 Å². The minimum Gasteiger partial charge on any atom is -0.455 e. The lowest BCUT2D eigenvalue weighted by Gasteiger charge is -2.05. The average molecular weight is 459 g/mol. The third-order valence-corrected chi connectivity index (χ3v) is 7.97. The fraction of sp³-hybridized carbons (Fsp3) is 0.273. The SMILES string of the molecule is O=C(NNC(=O)c1cc2c(s1)CCCCC2)c1ccc(CS(=O)(=O)c2ccccc2)o1. The van der Waals surface area contributed by atoms with Crippen LogP contribution in [0.5, 0.6) is 0 Å². The van der Waals surface area contributed by atoms with Crippen molar-refractivity contribution < 1.29 is 22.4 Å². The molecule has 1 aliphatic rings. The molecule has 0 fully saturated rings. The molecule has 3 aromatic rings. The molecular formula is C22H22N2O5S2. The van der Waals surface area contributed by atoms with Crippen molar-refractivity contribution in [1.29, 1.82) is 0 Å². The van der Waals surface area contributed by atoms with Crippen molar-refractivity contribution in [3.05, 3.63) is 75.4 Å². The van der Waals surface area contributed by atoms with Crippen LogP contribution in [0.15, 0.2) is 57.8 Å². The Balaban J connectivity index is 1.35. The highest BCUT2D eigenvalue weighted by Crippen LogP contribution is 2.28. The summed E-state index contributed by atoms with van der Waals surface area (Å²) >= 11 is 1.46. The van der Waals surface area contributed by atoms with Crippen molar-refractivity contribution in [3.63, 3.8) is 0 Å². The van der Waals surface area contributed by atoms with Crippen LogP contribution in [0.3, 0.4) is 0 Å². The average Bonchev–Trinajstić information content (AvgIpc) is 3.33. The summed E-state index contributed by atoms with van der Waals surface area (Å²) in [5, 5.41) is 0. The molecule has 0 saturated carbocycles. The smallest absolute Gasteiger partial charge is 0.305 e. The van der Waals surface area contributed by atoms with E-state index in [9.17, 15) is 18.0 Å². The van der Waals surface area contributed by atoms with E-state index in [0.29, 0.717) is 4.88 Å². The van der Waals surface area contributed by atoms with Crippen LogP contribution in [-0.4, -0.2) is 20.2 Å². The molecule has 0 atom stereocenters. The number of carbonyl (C=O) groups excluding carboxylic acids is 2. The first-order chi connectivity index (χ1) is 14.9. The molecule has 0 bridgehead atoms. The number of benzene rings is 1. The maximum atomic E-state index is 12.4.